The van der Waals surface area contributed by atoms with E-state index in [0.29, 0.717) is 18.8 Å². The number of nitrogens with two attached hydrogens (primary N) is 1. The summed E-state index contributed by atoms with van der Waals surface area (Å²) in [7, 11) is 0. The lowest BCUT2D eigenvalue weighted by atomic mass is 9.86. The molecule has 1 aromatic heterocycles. The molecule has 5 rings (SSSR count). The van der Waals surface area contributed by atoms with E-state index in [2.05, 4.69) is 57.8 Å². The molecule has 1 saturated heterocycles. The van der Waals surface area contributed by atoms with Crippen molar-refractivity contribution in [1.29, 1.82) is 0 Å². The predicted molar refractivity (Wildman–Crippen MR) is 111 cm³/mol. The molecule has 7 heteroatoms. The summed E-state index contributed by atoms with van der Waals surface area (Å²) < 4.78 is 2.20. The van der Waals surface area contributed by atoms with Crippen molar-refractivity contribution in [3.63, 3.8) is 0 Å². The molecular formula is C22H30N6O. The number of nitrogens with zero attached hydrogens (tertiary/aromatic N) is 5. The third-order valence-electron chi connectivity index (χ3n) is 6.48. The number of likely N-dealkylation sites (tertiary alicyclic amines) is 1. The van der Waals surface area contributed by atoms with Gasteiger partial charge < -0.3 is 5.73 Å². The monoisotopic (exact) mass is 394 g/mol. The average molecular weight is 395 g/mol. The highest BCUT2D eigenvalue weighted by Crippen LogP contribution is 2.38. The van der Waals surface area contributed by atoms with Gasteiger partial charge in [-0.3, -0.25) is 14.3 Å². The van der Waals surface area contributed by atoms with Crippen molar-refractivity contribution in [2.24, 2.45) is 5.73 Å². The fraction of sp³-hybridized carbons (Fsp3) is 0.545. The summed E-state index contributed by atoms with van der Waals surface area (Å²) in [6, 6.07) is 9.32. The first-order valence-electron chi connectivity index (χ1n) is 10.8. The Bertz CT molecular complexity index is 906. The van der Waals surface area contributed by atoms with Crippen molar-refractivity contribution < 1.29 is 4.84 Å². The Kier molecular flexibility index (Phi) is 4.89. The van der Waals surface area contributed by atoms with Crippen LogP contribution in [0.4, 0.5) is 0 Å². The smallest absolute Gasteiger partial charge is 0.159 e. The lowest BCUT2D eigenvalue weighted by Crippen LogP contribution is -2.34. The Morgan fingerprint density at radius 3 is 2.76 bits per heavy atom. The van der Waals surface area contributed by atoms with Crippen LogP contribution in [0.3, 0.4) is 0 Å². The molecular weight excluding hydrogens is 364 g/mol. The van der Waals surface area contributed by atoms with E-state index in [1.165, 1.54) is 17.5 Å². The molecule has 3 atom stereocenters. The van der Waals surface area contributed by atoms with Gasteiger partial charge in [-0.1, -0.05) is 24.3 Å². The van der Waals surface area contributed by atoms with E-state index in [0.717, 1.165) is 37.5 Å². The van der Waals surface area contributed by atoms with E-state index < -0.39 is 0 Å². The highest BCUT2D eigenvalue weighted by molar-refractivity contribution is 5.41. The van der Waals surface area contributed by atoms with E-state index in [9.17, 15) is 0 Å². The van der Waals surface area contributed by atoms with Crippen LogP contribution < -0.4 is 5.73 Å². The van der Waals surface area contributed by atoms with Crippen molar-refractivity contribution in [3.05, 3.63) is 53.2 Å². The Morgan fingerprint density at radius 1 is 1.10 bits per heavy atom. The van der Waals surface area contributed by atoms with Gasteiger partial charge in [0, 0.05) is 24.4 Å². The van der Waals surface area contributed by atoms with Gasteiger partial charge in [-0.05, 0) is 57.2 Å². The quantitative estimate of drug-likeness (QED) is 0.855. The number of rotatable bonds is 4. The molecule has 1 aliphatic carbocycles. The van der Waals surface area contributed by atoms with Crippen LogP contribution in [0.25, 0.3) is 6.08 Å². The lowest BCUT2D eigenvalue weighted by molar-refractivity contribution is -0.190. The summed E-state index contributed by atoms with van der Waals surface area (Å²) >= 11 is 0. The van der Waals surface area contributed by atoms with Crippen LogP contribution in [0.15, 0.2) is 30.5 Å². The van der Waals surface area contributed by atoms with Crippen LogP contribution >= 0.6 is 0 Å². The number of fused-ring (bicyclic) bond motifs is 2. The van der Waals surface area contributed by atoms with Crippen LogP contribution in [0.1, 0.15) is 80.5 Å². The topological polar surface area (TPSA) is 72.4 Å². The van der Waals surface area contributed by atoms with Gasteiger partial charge in [0.25, 0.3) is 0 Å². The lowest BCUT2D eigenvalue weighted by Gasteiger charge is -2.34. The van der Waals surface area contributed by atoms with E-state index >= 15 is 0 Å². The highest BCUT2D eigenvalue weighted by Gasteiger charge is 2.34. The second-order valence-corrected chi connectivity index (χ2v) is 8.62. The maximum atomic E-state index is 6.43. The molecule has 3 heterocycles. The minimum atomic E-state index is 0.0239. The molecule has 1 aromatic carbocycles. The minimum absolute atomic E-state index is 0.0239. The normalized spacial score (nSPS) is 26.8. The number of aromatic nitrogens is 3. The Balaban J connectivity index is 1.36. The van der Waals surface area contributed by atoms with Gasteiger partial charge in [0.1, 0.15) is 12.8 Å². The van der Waals surface area contributed by atoms with Gasteiger partial charge >= 0.3 is 0 Å². The number of benzene rings is 1. The van der Waals surface area contributed by atoms with Gasteiger partial charge in [-0.15, -0.1) is 10.2 Å². The maximum Gasteiger partial charge on any atom is 0.159 e. The molecule has 1 fully saturated rings. The van der Waals surface area contributed by atoms with Gasteiger partial charge in [-0.2, -0.15) is 0 Å². The summed E-state index contributed by atoms with van der Waals surface area (Å²) in [5.74, 6) is 1.96. The van der Waals surface area contributed by atoms with Crippen LogP contribution in [0.2, 0.25) is 0 Å². The van der Waals surface area contributed by atoms with Crippen LogP contribution in [0, 0.1) is 0 Å². The summed E-state index contributed by atoms with van der Waals surface area (Å²) in [5.41, 5.74) is 8.72. The van der Waals surface area contributed by atoms with Crippen LogP contribution in [-0.2, 0) is 11.5 Å². The molecule has 0 unspecified atom stereocenters. The van der Waals surface area contributed by atoms with Crippen molar-refractivity contribution in [2.45, 2.75) is 70.4 Å². The highest BCUT2D eigenvalue weighted by atomic mass is 16.7. The summed E-state index contributed by atoms with van der Waals surface area (Å²) in [6.07, 6.45) is 8.20. The van der Waals surface area contributed by atoms with Gasteiger partial charge in [0.2, 0.25) is 0 Å². The first kappa shape index (κ1) is 18.8. The largest absolute Gasteiger partial charge is 0.324 e. The Labute approximate surface area is 172 Å². The van der Waals surface area contributed by atoms with Gasteiger partial charge in [-0.25, -0.2) is 5.06 Å². The van der Waals surface area contributed by atoms with Crippen LogP contribution in [0.5, 0.6) is 0 Å². The molecule has 2 aliphatic heterocycles. The second kappa shape index (κ2) is 7.55. The van der Waals surface area contributed by atoms with E-state index in [1.54, 1.807) is 0 Å². The van der Waals surface area contributed by atoms with Gasteiger partial charge in [0.05, 0.1) is 6.04 Å². The SMILES string of the molecule is CC(C)N1CCC[C@H]1c1nnc2n1CN(O[C@@H]1CC[C@H](N)c3ccccc31)C=C2. The van der Waals surface area contributed by atoms with Gasteiger partial charge in [0.15, 0.2) is 11.6 Å². The molecule has 3 aliphatic rings. The molecule has 154 valence electrons. The maximum absolute atomic E-state index is 6.43. The van der Waals surface area contributed by atoms with Crippen molar-refractivity contribution in [1.82, 2.24) is 24.7 Å². The van der Waals surface area contributed by atoms with Crippen molar-refractivity contribution in [2.75, 3.05) is 6.54 Å². The fourth-order valence-electron chi connectivity index (χ4n) is 4.99. The van der Waals surface area contributed by atoms with E-state index in [1.807, 2.05) is 17.3 Å². The number of hydroxylamine groups is 2. The Hall–Kier alpha value is -2.22. The average Bonchev–Trinajstić information content (AvgIpc) is 3.37. The standard InChI is InChI=1S/C22H30N6O/c1-15(2)27-12-5-8-19(27)22-25-24-21-11-13-26(14-28(21)22)29-20-10-9-18(23)16-6-3-4-7-17(16)20/h3-4,6-7,11,13,15,18-20H,5,8-10,12,14,23H2,1-2H3/t18-,19-,20+/m0/s1. The molecule has 7 nitrogen and oxygen atoms in total. The number of hydrogen-bond donors (Lipinski definition) is 1. The zero-order chi connectivity index (χ0) is 20.0. The molecule has 0 radical (unpaired) electrons. The molecule has 29 heavy (non-hydrogen) atoms. The van der Waals surface area contributed by atoms with E-state index in [-0.39, 0.29) is 12.1 Å². The Morgan fingerprint density at radius 2 is 1.93 bits per heavy atom. The first-order valence-corrected chi connectivity index (χ1v) is 10.8. The molecule has 0 amide bonds. The summed E-state index contributed by atoms with van der Waals surface area (Å²) in [5, 5.41) is 10.9. The fourth-order valence-corrected chi connectivity index (χ4v) is 4.99. The number of hydrogen-bond acceptors (Lipinski definition) is 6. The molecule has 0 spiro atoms. The third kappa shape index (κ3) is 3.37. The van der Waals surface area contributed by atoms with Crippen molar-refractivity contribution in [3.8, 4) is 0 Å². The second-order valence-electron chi connectivity index (χ2n) is 8.62. The summed E-state index contributed by atoms with van der Waals surface area (Å²) in [4.78, 5) is 8.95. The molecule has 2 aromatic rings. The molecule has 0 saturated carbocycles. The molecule has 2 N–H and O–H groups in total. The van der Waals surface area contributed by atoms with Crippen LogP contribution in [-0.4, -0.2) is 37.3 Å². The van der Waals surface area contributed by atoms with Crippen molar-refractivity contribution >= 4 is 6.08 Å². The van der Waals surface area contributed by atoms with E-state index in [4.69, 9.17) is 10.6 Å². The zero-order valence-corrected chi connectivity index (χ0v) is 17.2. The zero-order valence-electron chi connectivity index (χ0n) is 17.2. The minimum Gasteiger partial charge on any atom is -0.324 e. The molecule has 0 bridgehead atoms. The predicted octanol–water partition coefficient (Wildman–Crippen LogP) is 3.53. The third-order valence-corrected chi connectivity index (χ3v) is 6.48. The summed E-state index contributed by atoms with van der Waals surface area (Å²) in [6.45, 7) is 6.25. The first-order chi connectivity index (χ1) is 14.1.